The van der Waals surface area contributed by atoms with E-state index in [0.717, 1.165) is 6.42 Å². The summed E-state index contributed by atoms with van der Waals surface area (Å²) in [6.45, 7) is 3.98. The molecule has 0 unspecified atom stereocenters. The maximum absolute atomic E-state index is 14.4. The minimum Gasteiger partial charge on any atom is -0.376 e. The quantitative estimate of drug-likeness (QED) is 0.738. The van der Waals surface area contributed by atoms with Crippen molar-refractivity contribution in [3.63, 3.8) is 0 Å². The number of pyridine rings is 1. The van der Waals surface area contributed by atoms with Crippen molar-refractivity contribution in [1.29, 1.82) is 0 Å². The van der Waals surface area contributed by atoms with Gasteiger partial charge in [-0.2, -0.15) is 0 Å². The van der Waals surface area contributed by atoms with Crippen molar-refractivity contribution in [1.82, 2.24) is 15.2 Å². The number of ether oxygens (including phenoxy) is 1. The van der Waals surface area contributed by atoms with Crippen LogP contribution in [-0.2, 0) is 11.3 Å². The van der Waals surface area contributed by atoms with E-state index in [0.29, 0.717) is 17.7 Å². The predicted molar refractivity (Wildman–Crippen MR) is 106 cm³/mol. The van der Waals surface area contributed by atoms with Gasteiger partial charge in [0.1, 0.15) is 11.4 Å². The van der Waals surface area contributed by atoms with Crippen LogP contribution >= 0.6 is 0 Å². The molecule has 1 aromatic heterocycles. The summed E-state index contributed by atoms with van der Waals surface area (Å²) < 4.78 is 21.0. The van der Waals surface area contributed by atoms with Gasteiger partial charge < -0.3 is 19.9 Å². The van der Waals surface area contributed by atoms with Crippen molar-refractivity contribution < 1.29 is 18.7 Å². The minimum atomic E-state index is -0.610. The lowest BCUT2D eigenvalue weighted by molar-refractivity contribution is 0.0914. The summed E-state index contributed by atoms with van der Waals surface area (Å²) in [4.78, 5) is 37.6. The van der Waals surface area contributed by atoms with E-state index >= 15 is 0 Å². The number of hydrogen-bond acceptors (Lipinski definition) is 4. The van der Waals surface area contributed by atoms with Gasteiger partial charge in [0.2, 0.25) is 0 Å². The molecule has 0 bridgehead atoms. The van der Waals surface area contributed by atoms with Gasteiger partial charge in [-0.3, -0.25) is 14.4 Å². The Hall–Kier alpha value is -3.00. The number of amides is 2. The normalized spacial score (nSPS) is 17.7. The van der Waals surface area contributed by atoms with Crippen LogP contribution in [0.2, 0.25) is 0 Å². The summed E-state index contributed by atoms with van der Waals surface area (Å²) in [5, 5.41) is 5.23. The fourth-order valence-corrected chi connectivity index (χ4v) is 3.16. The fraction of sp³-hybridized carbons (Fsp3) is 0.381. The molecule has 0 spiro atoms. The SMILES string of the molecule is CCO[C@@H]1C[C@H]1NC(=O)c1cc(C(=O)NC)c(=O)n(Cc2cccc(C)c2F)c1. The number of aryl methyl sites for hydroxylation is 1. The van der Waals surface area contributed by atoms with E-state index in [9.17, 15) is 18.8 Å². The molecule has 3 rings (SSSR count). The highest BCUT2D eigenvalue weighted by Gasteiger charge is 2.39. The van der Waals surface area contributed by atoms with E-state index in [2.05, 4.69) is 10.6 Å². The molecular weight excluding hydrogens is 377 g/mol. The van der Waals surface area contributed by atoms with E-state index in [4.69, 9.17) is 4.74 Å². The number of halogens is 1. The summed E-state index contributed by atoms with van der Waals surface area (Å²) in [6.07, 6.45) is 2.05. The van der Waals surface area contributed by atoms with Crippen molar-refractivity contribution in [3.05, 3.63) is 68.9 Å². The standard InChI is InChI=1S/C21H24FN3O4/c1-4-29-17-9-16(17)24-19(26)14-8-15(20(27)23-3)21(28)25(11-14)10-13-7-5-6-12(2)18(13)22/h5-8,11,16-17H,4,9-10H2,1-3H3,(H,23,27)(H,24,26)/t16-,17-/m1/s1. The fourth-order valence-electron chi connectivity index (χ4n) is 3.16. The maximum Gasteiger partial charge on any atom is 0.263 e. The lowest BCUT2D eigenvalue weighted by Gasteiger charge is -2.13. The van der Waals surface area contributed by atoms with Gasteiger partial charge >= 0.3 is 0 Å². The average molecular weight is 401 g/mol. The molecule has 1 fully saturated rings. The number of carbonyl (C=O) groups is 2. The van der Waals surface area contributed by atoms with E-state index in [1.54, 1.807) is 25.1 Å². The molecule has 0 radical (unpaired) electrons. The zero-order valence-electron chi connectivity index (χ0n) is 16.6. The molecule has 1 saturated carbocycles. The van der Waals surface area contributed by atoms with Crippen LogP contribution in [0.5, 0.6) is 0 Å². The lowest BCUT2D eigenvalue weighted by Crippen LogP contribution is -2.35. The second-order valence-electron chi connectivity index (χ2n) is 7.01. The second kappa shape index (κ2) is 8.57. The highest BCUT2D eigenvalue weighted by Crippen LogP contribution is 2.25. The highest BCUT2D eigenvalue weighted by molar-refractivity contribution is 5.99. The topological polar surface area (TPSA) is 89.4 Å². The number of hydrogen-bond donors (Lipinski definition) is 2. The molecule has 1 aliphatic carbocycles. The Labute approximate surface area is 167 Å². The van der Waals surface area contributed by atoms with E-state index in [-0.39, 0.29) is 29.8 Å². The van der Waals surface area contributed by atoms with Gasteiger partial charge in [-0.15, -0.1) is 0 Å². The van der Waals surface area contributed by atoms with Crippen LogP contribution in [0.15, 0.2) is 35.3 Å². The first-order valence-electron chi connectivity index (χ1n) is 9.48. The number of carbonyl (C=O) groups excluding carboxylic acids is 2. The van der Waals surface area contributed by atoms with Gasteiger partial charge in [-0.25, -0.2) is 4.39 Å². The van der Waals surface area contributed by atoms with Gasteiger partial charge in [-0.1, -0.05) is 18.2 Å². The summed E-state index contributed by atoms with van der Waals surface area (Å²) >= 11 is 0. The van der Waals surface area contributed by atoms with Gasteiger partial charge in [0, 0.05) is 25.4 Å². The van der Waals surface area contributed by atoms with Crippen LogP contribution in [0.1, 0.15) is 45.2 Å². The molecule has 2 amide bonds. The Morgan fingerprint density at radius 3 is 2.76 bits per heavy atom. The molecule has 8 heteroatoms. The van der Waals surface area contributed by atoms with Crippen LogP contribution in [0.25, 0.3) is 0 Å². The Bertz CT molecular complexity index is 1000. The minimum absolute atomic E-state index is 0.0188. The summed E-state index contributed by atoms with van der Waals surface area (Å²) in [5.74, 6) is -1.45. The van der Waals surface area contributed by atoms with Crippen molar-refractivity contribution in [2.24, 2.45) is 0 Å². The van der Waals surface area contributed by atoms with Crippen LogP contribution in [-0.4, -0.2) is 42.2 Å². The first-order valence-corrected chi connectivity index (χ1v) is 9.48. The van der Waals surface area contributed by atoms with E-state index in [1.807, 2.05) is 6.92 Å². The van der Waals surface area contributed by atoms with Crippen LogP contribution in [0.4, 0.5) is 4.39 Å². The van der Waals surface area contributed by atoms with Gasteiger partial charge in [-0.05, 0) is 31.9 Å². The molecule has 29 heavy (non-hydrogen) atoms. The van der Waals surface area contributed by atoms with Crippen LogP contribution in [0.3, 0.4) is 0 Å². The van der Waals surface area contributed by atoms with Crippen molar-refractivity contribution in [2.45, 2.75) is 39.0 Å². The third-order valence-electron chi connectivity index (χ3n) is 4.86. The molecule has 2 N–H and O–H groups in total. The van der Waals surface area contributed by atoms with Crippen LogP contribution in [0, 0.1) is 12.7 Å². The summed E-state index contributed by atoms with van der Waals surface area (Å²) in [5.41, 5.74) is 0.127. The van der Waals surface area contributed by atoms with Gasteiger partial charge in [0.25, 0.3) is 17.4 Å². The molecule has 2 atom stereocenters. The number of nitrogens with one attached hydrogen (secondary N) is 2. The monoisotopic (exact) mass is 401 g/mol. The number of nitrogens with zero attached hydrogens (tertiary/aromatic N) is 1. The highest BCUT2D eigenvalue weighted by atomic mass is 19.1. The van der Waals surface area contributed by atoms with Crippen LogP contribution < -0.4 is 16.2 Å². The molecule has 0 aliphatic heterocycles. The number of benzene rings is 1. The van der Waals surface area contributed by atoms with Crippen molar-refractivity contribution in [2.75, 3.05) is 13.7 Å². The first kappa shape index (κ1) is 20.7. The molecule has 2 aromatic rings. The third-order valence-corrected chi connectivity index (χ3v) is 4.86. The zero-order valence-corrected chi connectivity index (χ0v) is 16.6. The van der Waals surface area contributed by atoms with Crippen molar-refractivity contribution in [3.8, 4) is 0 Å². The van der Waals surface area contributed by atoms with E-state index < -0.39 is 23.2 Å². The largest absolute Gasteiger partial charge is 0.376 e. The Morgan fingerprint density at radius 2 is 2.07 bits per heavy atom. The van der Waals surface area contributed by atoms with Gasteiger partial charge in [0.05, 0.1) is 24.3 Å². The molecule has 0 saturated heterocycles. The molecule has 1 heterocycles. The summed E-state index contributed by atoms with van der Waals surface area (Å²) in [7, 11) is 1.40. The van der Waals surface area contributed by atoms with Gasteiger partial charge in [0.15, 0.2) is 0 Å². The number of rotatable bonds is 7. The smallest absolute Gasteiger partial charge is 0.263 e. The lowest BCUT2D eigenvalue weighted by atomic mass is 10.1. The number of aromatic nitrogens is 1. The third kappa shape index (κ3) is 4.54. The summed E-state index contributed by atoms with van der Waals surface area (Å²) in [6, 6.07) is 6.05. The van der Waals surface area contributed by atoms with Crippen molar-refractivity contribution >= 4 is 11.8 Å². The average Bonchev–Trinajstić information content (AvgIpc) is 3.43. The second-order valence-corrected chi connectivity index (χ2v) is 7.01. The maximum atomic E-state index is 14.4. The predicted octanol–water partition coefficient (Wildman–Crippen LogP) is 1.61. The first-order chi connectivity index (χ1) is 13.8. The molecular formula is C21H24FN3O4. The Kier molecular flexibility index (Phi) is 6.12. The molecule has 7 nitrogen and oxygen atoms in total. The molecule has 1 aromatic carbocycles. The molecule has 154 valence electrons. The molecule has 1 aliphatic rings. The Balaban J connectivity index is 1.94. The Morgan fingerprint density at radius 1 is 1.31 bits per heavy atom. The zero-order chi connectivity index (χ0) is 21.1. The van der Waals surface area contributed by atoms with E-state index in [1.165, 1.54) is 23.9 Å².